The minimum atomic E-state index is -1.61. The van der Waals surface area contributed by atoms with Crippen molar-refractivity contribution in [1.29, 1.82) is 0 Å². The summed E-state index contributed by atoms with van der Waals surface area (Å²) in [4.78, 5) is 24.7. The van der Waals surface area contributed by atoms with Gasteiger partial charge in [0.25, 0.3) is 0 Å². The number of esters is 1. The normalized spacial score (nSPS) is 18.1. The average molecular weight is 327 g/mol. The molecule has 132 valence electrons. The van der Waals surface area contributed by atoms with Crippen LogP contribution in [0.15, 0.2) is 0 Å². The van der Waals surface area contributed by atoms with Crippen LogP contribution in [-0.4, -0.2) is 40.6 Å². The van der Waals surface area contributed by atoms with Crippen LogP contribution in [-0.2, 0) is 14.3 Å². The van der Waals surface area contributed by atoms with Crippen molar-refractivity contribution in [3.63, 3.8) is 0 Å². The van der Waals surface area contributed by atoms with Crippen molar-refractivity contribution in [3.8, 4) is 0 Å². The molecule has 1 aliphatic carbocycles. The zero-order valence-corrected chi connectivity index (χ0v) is 14.9. The number of hydrogen-bond donors (Lipinski definition) is 3. The van der Waals surface area contributed by atoms with Crippen LogP contribution in [0.2, 0.25) is 0 Å². The van der Waals surface area contributed by atoms with Gasteiger partial charge >= 0.3 is 13.1 Å². The van der Waals surface area contributed by atoms with Gasteiger partial charge in [-0.2, -0.15) is 0 Å². The van der Waals surface area contributed by atoms with Gasteiger partial charge in [0.15, 0.2) is 0 Å². The van der Waals surface area contributed by atoms with Crippen LogP contribution < -0.4 is 5.32 Å². The van der Waals surface area contributed by atoms with E-state index in [1.807, 2.05) is 13.8 Å². The molecular formula is C16H30BNO5. The Morgan fingerprint density at radius 3 is 2.17 bits per heavy atom. The first-order chi connectivity index (χ1) is 10.4. The summed E-state index contributed by atoms with van der Waals surface area (Å²) >= 11 is 0. The number of carbonyl (C=O) groups excluding carboxylic acids is 2. The fourth-order valence-corrected chi connectivity index (χ4v) is 2.83. The number of nitrogens with one attached hydrogen (secondary N) is 1. The fraction of sp³-hybridized carbons (Fsp3) is 0.875. The lowest BCUT2D eigenvalue weighted by Gasteiger charge is -2.41. The third kappa shape index (κ3) is 6.14. The standard InChI is InChI=1S/C16H30BNO5/c1-11(2)9-12(17(21)22)18-14(20)16(7-6-8-16)10-13(19)23-15(3,4)5/h11-12,21-22H,6-10H2,1-5H3,(H,18,20)/t12-/m0/s1. The number of amides is 1. The van der Waals surface area contributed by atoms with Gasteiger partial charge in [0.2, 0.25) is 5.91 Å². The Kier molecular flexibility index (Phi) is 6.65. The van der Waals surface area contributed by atoms with E-state index in [-0.39, 0.29) is 18.2 Å². The van der Waals surface area contributed by atoms with Crippen LogP contribution in [0.3, 0.4) is 0 Å². The topological polar surface area (TPSA) is 95.9 Å². The third-order valence-electron chi connectivity index (χ3n) is 4.10. The van der Waals surface area contributed by atoms with Crippen molar-refractivity contribution >= 4 is 19.0 Å². The maximum Gasteiger partial charge on any atom is 0.475 e. The number of rotatable bonds is 7. The Morgan fingerprint density at radius 1 is 1.26 bits per heavy atom. The van der Waals surface area contributed by atoms with Gasteiger partial charge in [-0.15, -0.1) is 0 Å². The van der Waals surface area contributed by atoms with Crippen molar-refractivity contribution in [2.24, 2.45) is 11.3 Å². The molecule has 1 rings (SSSR count). The first-order valence-corrected chi connectivity index (χ1v) is 8.34. The summed E-state index contributed by atoms with van der Waals surface area (Å²) in [6.45, 7) is 9.26. The minimum Gasteiger partial charge on any atom is -0.460 e. The molecule has 0 spiro atoms. The van der Waals surface area contributed by atoms with Crippen molar-refractivity contribution in [2.75, 3.05) is 0 Å². The molecule has 0 unspecified atom stereocenters. The fourth-order valence-electron chi connectivity index (χ4n) is 2.83. The van der Waals surface area contributed by atoms with E-state index in [0.29, 0.717) is 19.3 Å². The molecule has 0 bridgehead atoms. The monoisotopic (exact) mass is 327 g/mol. The zero-order chi connectivity index (χ0) is 17.8. The lowest BCUT2D eigenvalue weighted by atomic mass is 9.65. The molecule has 23 heavy (non-hydrogen) atoms. The summed E-state index contributed by atoms with van der Waals surface area (Å²) < 4.78 is 5.32. The molecule has 0 saturated heterocycles. The minimum absolute atomic E-state index is 0.0338. The van der Waals surface area contributed by atoms with Gasteiger partial charge in [-0.3, -0.25) is 9.59 Å². The quantitative estimate of drug-likeness (QED) is 0.486. The third-order valence-corrected chi connectivity index (χ3v) is 4.10. The van der Waals surface area contributed by atoms with Gasteiger partial charge in [0.1, 0.15) is 5.60 Å². The highest BCUT2D eigenvalue weighted by atomic mass is 16.6. The maximum atomic E-state index is 12.6. The van der Waals surface area contributed by atoms with Gasteiger partial charge in [0.05, 0.1) is 17.8 Å². The van der Waals surface area contributed by atoms with Gasteiger partial charge in [-0.25, -0.2) is 0 Å². The average Bonchev–Trinajstić information content (AvgIpc) is 2.29. The second kappa shape index (κ2) is 7.66. The Hall–Kier alpha value is -1.08. The lowest BCUT2D eigenvalue weighted by molar-refractivity contribution is -0.163. The van der Waals surface area contributed by atoms with E-state index in [9.17, 15) is 19.6 Å². The van der Waals surface area contributed by atoms with Crippen LogP contribution in [0.4, 0.5) is 0 Å². The molecule has 0 aromatic rings. The Labute approximate surface area is 139 Å². The highest BCUT2D eigenvalue weighted by molar-refractivity contribution is 6.43. The Bertz CT molecular complexity index is 427. The summed E-state index contributed by atoms with van der Waals surface area (Å²) in [5, 5.41) is 21.6. The number of ether oxygens (including phenoxy) is 1. The highest BCUT2D eigenvalue weighted by Gasteiger charge is 2.47. The number of hydrogen-bond acceptors (Lipinski definition) is 5. The molecule has 0 aliphatic heterocycles. The second-order valence-corrected chi connectivity index (χ2v) is 8.02. The predicted octanol–water partition coefficient (Wildman–Crippen LogP) is 1.43. The molecule has 1 fully saturated rings. The summed E-state index contributed by atoms with van der Waals surface area (Å²) in [5.41, 5.74) is -1.35. The van der Waals surface area contributed by atoms with Gasteiger partial charge in [-0.05, 0) is 46.0 Å². The molecule has 7 heteroatoms. The van der Waals surface area contributed by atoms with Crippen molar-refractivity contribution < 1.29 is 24.4 Å². The van der Waals surface area contributed by atoms with E-state index in [1.165, 1.54) is 0 Å². The summed E-state index contributed by atoms with van der Waals surface area (Å²) in [7, 11) is -1.61. The highest BCUT2D eigenvalue weighted by Crippen LogP contribution is 2.44. The molecule has 3 N–H and O–H groups in total. The van der Waals surface area contributed by atoms with Crippen LogP contribution in [0.1, 0.15) is 66.7 Å². The predicted molar refractivity (Wildman–Crippen MR) is 88.3 cm³/mol. The molecule has 1 saturated carbocycles. The van der Waals surface area contributed by atoms with Crippen molar-refractivity contribution in [3.05, 3.63) is 0 Å². The Balaban J connectivity index is 2.71. The first kappa shape index (κ1) is 20.0. The largest absolute Gasteiger partial charge is 0.475 e. The van der Waals surface area contributed by atoms with Crippen LogP contribution in [0, 0.1) is 11.3 Å². The molecule has 0 aromatic heterocycles. The SMILES string of the molecule is CC(C)C[C@H](NC(=O)C1(CC(=O)OC(C)(C)C)CCC1)B(O)O. The molecule has 6 nitrogen and oxygen atoms in total. The molecule has 0 aromatic carbocycles. The van der Waals surface area contributed by atoms with Gasteiger partial charge < -0.3 is 20.1 Å². The van der Waals surface area contributed by atoms with Crippen LogP contribution in [0.5, 0.6) is 0 Å². The van der Waals surface area contributed by atoms with E-state index in [1.54, 1.807) is 20.8 Å². The molecule has 0 heterocycles. The molecule has 1 amide bonds. The summed E-state index contributed by atoms with van der Waals surface area (Å²) in [6.07, 6.45) is 2.62. The van der Waals surface area contributed by atoms with E-state index in [0.717, 1.165) is 6.42 Å². The zero-order valence-electron chi connectivity index (χ0n) is 14.9. The van der Waals surface area contributed by atoms with Gasteiger partial charge in [0, 0.05) is 0 Å². The lowest BCUT2D eigenvalue weighted by Crippen LogP contribution is -2.55. The summed E-state index contributed by atoms with van der Waals surface area (Å²) in [6, 6.07) is 0. The summed E-state index contributed by atoms with van der Waals surface area (Å²) in [5.74, 6) is -1.19. The van der Waals surface area contributed by atoms with Crippen LogP contribution in [0.25, 0.3) is 0 Å². The number of carbonyl (C=O) groups is 2. The van der Waals surface area contributed by atoms with Crippen LogP contribution >= 0.6 is 0 Å². The molecule has 1 atom stereocenters. The van der Waals surface area contributed by atoms with E-state index in [4.69, 9.17) is 4.74 Å². The molecular weight excluding hydrogens is 297 g/mol. The van der Waals surface area contributed by atoms with Gasteiger partial charge in [-0.1, -0.05) is 20.3 Å². The van der Waals surface area contributed by atoms with E-state index in [2.05, 4.69) is 5.32 Å². The second-order valence-electron chi connectivity index (χ2n) is 8.02. The van der Waals surface area contributed by atoms with Crippen molar-refractivity contribution in [1.82, 2.24) is 5.32 Å². The maximum absolute atomic E-state index is 12.6. The van der Waals surface area contributed by atoms with E-state index < -0.39 is 30.0 Å². The van der Waals surface area contributed by atoms with Crippen molar-refractivity contribution in [2.45, 2.75) is 78.3 Å². The molecule has 0 radical (unpaired) electrons. The van der Waals surface area contributed by atoms with E-state index >= 15 is 0 Å². The smallest absolute Gasteiger partial charge is 0.460 e. The first-order valence-electron chi connectivity index (χ1n) is 8.34. The Morgan fingerprint density at radius 2 is 1.83 bits per heavy atom. The molecule has 1 aliphatic rings.